The fourth-order valence-electron chi connectivity index (χ4n) is 4.35. The SMILES string of the molecule is c1ccc(CCN2C[C@@H]3CC[C@H]2CN(Cc2cccnc2)C3)cc1. The summed E-state index contributed by atoms with van der Waals surface area (Å²) in [6.07, 6.45) is 7.81. The topological polar surface area (TPSA) is 19.4 Å². The van der Waals surface area contributed by atoms with E-state index in [-0.39, 0.29) is 0 Å². The molecule has 126 valence electrons. The van der Waals surface area contributed by atoms with Crippen LogP contribution in [0.15, 0.2) is 54.9 Å². The number of hydrogen-bond acceptors (Lipinski definition) is 3. The standard InChI is InChI=1S/C21H27N3/c1-2-5-18(6-3-1)10-12-24-16-20-8-9-21(24)17-23(15-20)14-19-7-4-11-22-13-19/h1-7,11,13,20-21H,8-10,12,14-17H2/t20-,21+/m1/s1. The lowest BCUT2D eigenvalue weighted by Gasteiger charge is -2.36. The second-order valence-corrected chi connectivity index (χ2v) is 7.38. The van der Waals surface area contributed by atoms with Crippen molar-refractivity contribution in [1.29, 1.82) is 0 Å². The Hall–Kier alpha value is -1.71. The number of fused-ring (bicyclic) bond motifs is 4. The normalized spacial score (nSPS) is 24.8. The predicted molar refractivity (Wildman–Crippen MR) is 97.7 cm³/mol. The van der Waals surface area contributed by atoms with E-state index in [1.54, 1.807) is 0 Å². The number of piperidine rings is 1. The molecule has 3 fully saturated rings. The third-order valence-electron chi connectivity index (χ3n) is 5.56. The summed E-state index contributed by atoms with van der Waals surface area (Å²) >= 11 is 0. The Morgan fingerprint density at radius 1 is 0.917 bits per heavy atom. The molecule has 3 saturated heterocycles. The van der Waals surface area contributed by atoms with Crippen LogP contribution in [0.25, 0.3) is 0 Å². The molecule has 3 nitrogen and oxygen atoms in total. The number of benzene rings is 1. The van der Waals surface area contributed by atoms with E-state index in [4.69, 9.17) is 0 Å². The predicted octanol–water partition coefficient (Wildman–Crippen LogP) is 3.22. The second-order valence-electron chi connectivity index (χ2n) is 7.38. The third kappa shape index (κ3) is 3.85. The summed E-state index contributed by atoms with van der Waals surface area (Å²) in [5.41, 5.74) is 2.81. The molecule has 3 heteroatoms. The minimum absolute atomic E-state index is 0.726. The van der Waals surface area contributed by atoms with Gasteiger partial charge >= 0.3 is 0 Å². The number of nitrogens with zero attached hydrogens (tertiary/aromatic N) is 3. The lowest BCUT2D eigenvalue weighted by atomic mass is 9.94. The molecule has 0 amide bonds. The number of hydrogen-bond donors (Lipinski definition) is 0. The van der Waals surface area contributed by atoms with Crippen molar-refractivity contribution in [2.45, 2.75) is 31.8 Å². The highest BCUT2D eigenvalue weighted by molar-refractivity contribution is 5.15. The van der Waals surface area contributed by atoms with Gasteiger partial charge in [-0.15, -0.1) is 0 Å². The zero-order valence-corrected chi connectivity index (χ0v) is 14.3. The fourth-order valence-corrected chi connectivity index (χ4v) is 4.35. The highest BCUT2D eigenvalue weighted by Crippen LogP contribution is 2.28. The monoisotopic (exact) mass is 321 g/mol. The molecule has 1 aromatic carbocycles. The summed E-state index contributed by atoms with van der Waals surface area (Å²) in [4.78, 5) is 9.68. The Bertz CT molecular complexity index is 628. The molecule has 2 atom stereocenters. The zero-order chi connectivity index (χ0) is 16.2. The van der Waals surface area contributed by atoms with Gasteiger partial charge in [0.1, 0.15) is 0 Å². The zero-order valence-electron chi connectivity index (χ0n) is 14.3. The molecule has 0 radical (unpaired) electrons. The maximum atomic E-state index is 4.27. The largest absolute Gasteiger partial charge is 0.298 e. The van der Waals surface area contributed by atoms with Crippen molar-refractivity contribution in [3.05, 3.63) is 66.0 Å². The summed E-state index contributed by atoms with van der Waals surface area (Å²) in [5, 5.41) is 0. The van der Waals surface area contributed by atoms with Gasteiger partial charge in [-0.05, 0) is 42.4 Å². The van der Waals surface area contributed by atoms with Gasteiger partial charge in [0.2, 0.25) is 0 Å². The summed E-state index contributed by atoms with van der Waals surface area (Å²) in [6, 6.07) is 15.9. The van der Waals surface area contributed by atoms with E-state index in [0.717, 1.165) is 18.5 Å². The van der Waals surface area contributed by atoms with Crippen LogP contribution in [-0.2, 0) is 13.0 Å². The number of pyridine rings is 1. The third-order valence-corrected chi connectivity index (χ3v) is 5.56. The van der Waals surface area contributed by atoms with Crippen LogP contribution >= 0.6 is 0 Å². The average Bonchev–Trinajstić information content (AvgIpc) is 2.92. The van der Waals surface area contributed by atoms with Gasteiger partial charge in [-0.3, -0.25) is 14.8 Å². The molecule has 24 heavy (non-hydrogen) atoms. The van der Waals surface area contributed by atoms with Crippen LogP contribution < -0.4 is 0 Å². The Morgan fingerprint density at radius 3 is 2.62 bits per heavy atom. The molecule has 4 heterocycles. The Balaban J connectivity index is 1.37. The minimum atomic E-state index is 0.726. The van der Waals surface area contributed by atoms with Crippen LogP contribution in [-0.4, -0.2) is 47.0 Å². The van der Waals surface area contributed by atoms with Gasteiger partial charge in [0.15, 0.2) is 0 Å². The molecule has 0 saturated carbocycles. The summed E-state index contributed by atoms with van der Waals surface area (Å²) in [6.45, 7) is 5.98. The van der Waals surface area contributed by atoms with Crippen molar-refractivity contribution < 1.29 is 0 Å². The van der Waals surface area contributed by atoms with Crippen LogP contribution in [0.1, 0.15) is 24.0 Å². The molecule has 0 spiro atoms. The van der Waals surface area contributed by atoms with E-state index < -0.39 is 0 Å². The first-order chi connectivity index (χ1) is 11.9. The van der Waals surface area contributed by atoms with Crippen LogP contribution in [0.2, 0.25) is 0 Å². The van der Waals surface area contributed by atoms with E-state index in [0.29, 0.717) is 0 Å². The van der Waals surface area contributed by atoms with Gasteiger partial charge in [-0.25, -0.2) is 0 Å². The van der Waals surface area contributed by atoms with Crippen LogP contribution in [0.3, 0.4) is 0 Å². The Kier molecular flexibility index (Phi) is 4.91. The van der Waals surface area contributed by atoms with E-state index in [1.807, 2.05) is 18.5 Å². The van der Waals surface area contributed by atoms with Crippen LogP contribution in [0, 0.1) is 5.92 Å². The first kappa shape index (κ1) is 15.8. The van der Waals surface area contributed by atoms with Crippen molar-refractivity contribution in [1.82, 2.24) is 14.8 Å². The Morgan fingerprint density at radius 2 is 1.79 bits per heavy atom. The molecule has 3 aliphatic rings. The molecule has 0 unspecified atom stereocenters. The first-order valence-corrected chi connectivity index (χ1v) is 9.26. The fraction of sp³-hybridized carbons (Fsp3) is 0.476. The maximum Gasteiger partial charge on any atom is 0.0312 e. The lowest BCUT2D eigenvalue weighted by Crippen LogP contribution is -2.44. The first-order valence-electron chi connectivity index (χ1n) is 9.26. The van der Waals surface area contributed by atoms with E-state index >= 15 is 0 Å². The lowest BCUT2D eigenvalue weighted by molar-refractivity contribution is 0.132. The molecule has 2 bridgehead atoms. The van der Waals surface area contributed by atoms with Crippen molar-refractivity contribution in [3.63, 3.8) is 0 Å². The molecular formula is C21H27N3. The molecule has 1 aromatic heterocycles. The maximum absolute atomic E-state index is 4.27. The molecule has 3 aliphatic heterocycles. The molecule has 0 N–H and O–H groups in total. The van der Waals surface area contributed by atoms with E-state index in [9.17, 15) is 0 Å². The molecular weight excluding hydrogens is 294 g/mol. The summed E-state index contributed by atoms with van der Waals surface area (Å²) < 4.78 is 0. The molecule has 2 aromatic rings. The molecule has 0 aliphatic carbocycles. The van der Waals surface area contributed by atoms with Crippen molar-refractivity contribution in [2.75, 3.05) is 26.2 Å². The van der Waals surface area contributed by atoms with Crippen molar-refractivity contribution >= 4 is 0 Å². The average molecular weight is 321 g/mol. The number of rotatable bonds is 5. The summed E-state index contributed by atoms with van der Waals surface area (Å²) in [7, 11) is 0. The summed E-state index contributed by atoms with van der Waals surface area (Å²) in [5.74, 6) is 0.830. The van der Waals surface area contributed by atoms with E-state index in [1.165, 1.54) is 56.6 Å². The molecule has 5 rings (SSSR count). The minimum Gasteiger partial charge on any atom is -0.298 e. The smallest absolute Gasteiger partial charge is 0.0312 e. The highest BCUT2D eigenvalue weighted by atomic mass is 15.3. The quantitative estimate of drug-likeness (QED) is 0.843. The van der Waals surface area contributed by atoms with Gasteiger partial charge in [0.05, 0.1) is 0 Å². The van der Waals surface area contributed by atoms with Crippen molar-refractivity contribution in [3.8, 4) is 0 Å². The number of aromatic nitrogens is 1. The second kappa shape index (κ2) is 7.45. The van der Waals surface area contributed by atoms with Crippen LogP contribution in [0.5, 0.6) is 0 Å². The Labute approximate surface area is 145 Å². The van der Waals surface area contributed by atoms with Gasteiger partial charge < -0.3 is 0 Å². The van der Waals surface area contributed by atoms with E-state index in [2.05, 4.69) is 51.2 Å². The van der Waals surface area contributed by atoms with Gasteiger partial charge in [-0.1, -0.05) is 36.4 Å². The van der Waals surface area contributed by atoms with Crippen LogP contribution in [0.4, 0.5) is 0 Å². The van der Waals surface area contributed by atoms with Crippen molar-refractivity contribution in [2.24, 2.45) is 5.92 Å². The van der Waals surface area contributed by atoms with Gasteiger partial charge in [-0.2, -0.15) is 0 Å². The van der Waals surface area contributed by atoms with Gasteiger partial charge in [0, 0.05) is 51.2 Å². The highest BCUT2D eigenvalue weighted by Gasteiger charge is 2.34. The van der Waals surface area contributed by atoms with Gasteiger partial charge in [0.25, 0.3) is 0 Å².